The fourth-order valence-corrected chi connectivity index (χ4v) is 2.87. The first-order valence-corrected chi connectivity index (χ1v) is 8.48. The Hall–Kier alpha value is -2.86. The van der Waals surface area contributed by atoms with Crippen molar-refractivity contribution in [2.24, 2.45) is 0 Å². The smallest absolute Gasteiger partial charge is 0.204 e. The molecule has 0 saturated carbocycles. The highest BCUT2D eigenvalue weighted by atomic mass is 35.5. The van der Waals surface area contributed by atoms with Gasteiger partial charge in [-0.2, -0.15) is 0 Å². The van der Waals surface area contributed by atoms with Crippen molar-refractivity contribution in [3.05, 3.63) is 46.5 Å². The molecule has 0 unspecified atom stereocenters. The van der Waals surface area contributed by atoms with Gasteiger partial charge in [-0.15, -0.1) is 0 Å². The average molecular weight is 391 g/mol. The van der Waals surface area contributed by atoms with Crippen LogP contribution in [0.15, 0.2) is 35.4 Å². The zero-order valence-electron chi connectivity index (χ0n) is 16.0. The van der Waals surface area contributed by atoms with Crippen molar-refractivity contribution in [1.82, 2.24) is 0 Å². The Morgan fingerprint density at radius 3 is 2.07 bits per heavy atom. The molecular formula is C20H23ClN2O4. The second-order valence-electron chi connectivity index (χ2n) is 5.95. The standard InChI is InChI=1S/C20H23ClN2O4/c1-23(2)16-7-6-13(11-15(16)22)19(24)14(21)8-12-9-17(25-3)20(27-5)18(10-12)26-4/h6-11H,22H2,1-5H3/b14-8+. The lowest BCUT2D eigenvalue weighted by molar-refractivity contribution is 0.104. The summed E-state index contributed by atoms with van der Waals surface area (Å²) in [5.74, 6) is 1.08. The number of nitrogens with zero attached hydrogens (tertiary/aromatic N) is 1. The lowest BCUT2D eigenvalue weighted by atomic mass is 10.1. The van der Waals surface area contributed by atoms with Crippen LogP contribution < -0.4 is 24.8 Å². The van der Waals surface area contributed by atoms with Crippen molar-refractivity contribution in [1.29, 1.82) is 0 Å². The molecule has 6 nitrogen and oxygen atoms in total. The number of methoxy groups -OCH3 is 3. The van der Waals surface area contributed by atoms with Gasteiger partial charge in [0, 0.05) is 19.7 Å². The zero-order chi connectivity index (χ0) is 20.1. The number of hydrogen-bond acceptors (Lipinski definition) is 6. The Balaban J connectivity index is 2.39. The predicted octanol–water partition coefficient (Wildman–Crippen LogP) is 3.82. The molecule has 0 heterocycles. The van der Waals surface area contributed by atoms with E-state index in [1.54, 1.807) is 36.4 Å². The van der Waals surface area contributed by atoms with Crippen molar-refractivity contribution in [3.63, 3.8) is 0 Å². The summed E-state index contributed by atoms with van der Waals surface area (Å²) in [6, 6.07) is 8.51. The number of ether oxygens (including phenoxy) is 3. The summed E-state index contributed by atoms with van der Waals surface area (Å²) >= 11 is 6.27. The average Bonchev–Trinajstić information content (AvgIpc) is 2.65. The number of nitrogens with two attached hydrogens (primary N) is 1. The number of carbonyl (C=O) groups excluding carboxylic acids is 1. The minimum Gasteiger partial charge on any atom is -0.493 e. The Bertz CT molecular complexity index is 853. The maximum Gasteiger partial charge on any atom is 0.204 e. The third kappa shape index (κ3) is 4.46. The van der Waals surface area contributed by atoms with Crippen molar-refractivity contribution < 1.29 is 19.0 Å². The Labute approximate surface area is 164 Å². The number of carbonyl (C=O) groups is 1. The highest BCUT2D eigenvalue weighted by Gasteiger charge is 2.16. The molecular weight excluding hydrogens is 368 g/mol. The minimum absolute atomic E-state index is 0.0428. The number of ketones is 1. The van der Waals surface area contributed by atoms with Crippen molar-refractivity contribution in [2.75, 3.05) is 46.1 Å². The first kappa shape index (κ1) is 20.5. The van der Waals surface area contributed by atoms with Gasteiger partial charge in [-0.25, -0.2) is 0 Å². The molecule has 0 saturated heterocycles. The lowest BCUT2D eigenvalue weighted by Crippen LogP contribution is -2.12. The molecule has 144 valence electrons. The maximum atomic E-state index is 12.7. The zero-order valence-corrected chi connectivity index (χ0v) is 16.8. The van der Waals surface area contributed by atoms with Crippen LogP contribution in [0.5, 0.6) is 17.2 Å². The van der Waals surface area contributed by atoms with Crippen LogP contribution in [-0.2, 0) is 0 Å². The van der Waals surface area contributed by atoms with Gasteiger partial charge in [0.1, 0.15) is 0 Å². The van der Waals surface area contributed by atoms with E-state index in [0.29, 0.717) is 34.1 Å². The van der Waals surface area contributed by atoms with Crippen molar-refractivity contribution in [2.45, 2.75) is 0 Å². The summed E-state index contributed by atoms with van der Waals surface area (Å²) in [5.41, 5.74) is 8.40. The van der Waals surface area contributed by atoms with E-state index in [1.165, 1.54) is 21.3 Å². The number of halogens is 1. The summed E-state index contributed by atoms with van der Waals surface area (Å²) < 4.78 is 15.9. The molecule has 2 aromatic rings. The lowest BCUT2D eigenvalue weighted by Gasteiger charge is -2.15. The first-order valence-electron chi connectivity index (χ1n) is 8.11. The van der Waals surface area contributed by atoms with Gasteiger partial charge in [0.2, 0.25) is 11.5 Å². The van der Waals surface area contributed by atoms with Gasteiger partial charge in [0.25, 0.3) is 0 Å². The van der Waals surface area contributed by atoms with Gasteiger partial charge in [0.05, 0.1) is 37.7 Å². The molecule has 2 N–H and O–H groups in total. The van der Waals surface area contributed by atoms with Gasteiger partial charge in [0.15, 0.2) is 11.5 Å². The largest absolute Gasteiger partial charge is 0.493 e. The van der Waals surface area contributed by atoms with Gasteiger partial charge in [-0.3, -0.25) is 4.79 Å². The molecule has 0 atom stereocenters. The molecule has 27 heavy (non-hydrogen) atoms. The van der Waals surface area contributed by atoms with E-state index in [9.17, 15) is 4.79 Å². The van der Waals surface area contributed by atoms with E-state index in [4.69, 9.17) is 31.5 Å². The molecule has 7 heteroatoms. The first-order chi connectivity index (χ1) is 12.8. The van der Waals surface area contributed by atoms with Crippen LogP contribution in [0.4, 0.5) is 11.4 Å². The number of Topliss-reactive ketones (excluding diaryl/α,β-unsaturated/α-hetero) is 1. The number of nitrogen functional groups attached to an aromatic ring is 1. The summed E-state index contributed by atoms with van der Waals surface area (Å²) in [7, 11) is 8.32. The van der Waals surface area contributed by atoms with Crippen LogP contribution in [0.1, 0.15) is 15.9 Å². The highest BCUT2D eigenvalue weighted by molar-refractivity contribution is 6.47. The molecule has 0 fully saturated rings. The second-order valence-corrected chi connectivity index (χ2v) is 6.36. The molecule has 0 aliphatic carbocycles. The number of anilines is 2. The highest BCUT2D eigenvalue weighted by Crippen LogP contribution is 2.39. The van der Waals surface area contributed by atoms with E-state index in [-0.39, 0.29) is 10.8 Å². The monoisotopic (exact) mass is 390 g/mol. The van der Waals surface area contributed by atoms with Crippen LogP contribution in [0.25, 0.3) is 6.08 Å². The predicted molar refractivity (Wildman–Crippen MR) is 109 cm³/mol. The summed E-state index contributed by atoms with van der Waals surface area (Å²) in [6.07, 6.45) is 1.55. The van der Waals surface area contributed by atoms with Gasteiger partial charge in [-0.05, 0) is 42.0 Å². The maximum absolute atomic E-state index is 12.7. The van der Waals surface area contributed by atoms with Crippen LogP contribution in [0, 0.1) is 0 Å². The third-order valence-electron chi connectivity index (χ3n) is 3.97. The Morgan fingerprint density at radius 1 is 1.04 bits per heavy atom. The quantitative estimate of drug-likeness (QED) is 0.440. The molecule has 2 aromatic carbocycles. The van der Waals surface area contributed by atoms with Crippen LogP contribution >= 0.6 is 11.6 Å². The van der Waals surface area contributed by atoms with Crippen LogP contribution in [0.2, 0.25) is 0 Å². The van der Waals surface area contributed by atoms with Gasteiger partial charge < -0.3 is 24.8 Å². The number of rotatable bonds is 7. The van der Waals surface area contributed by atoms with E-state index in [0.717, 1.165) is 5.69 Å². The third-order valence-corrected chi connectivity index (χ3v) is 4.25. The summed E-state index contributed by atoms with van der Waals surface area (Å²) in [5, 5.41) is 0.0428. The van der Waals surface area contributed by atoms with E-state index < -0.39 is 0 Å². The van der Waals surface area contributed by atoms with E-state index in [2.05, 4.69) is 0 Å². The molecule has 0 amide bonds. The molecule has 0 aromatic heterocycles. The molecule has 2 rings (SSSR count). The minimum atomic E-state index is -0.331. The summed E-state index contributed by atoms with van der Waals surface area (Å²) in [6.45, 7) is 0. The SMILES string of the molecule is COc1cc(/C=C(/Cl)C(=O)c2ccc(N(C)C)c(N)c2)cc(OC)c1OC. The fraction of sp³-hybridized carbons (Fsp3) is 0.250. The number of benzene rings is 2. The fourth-order valence-electron chi connectivity index (χ4n) is 2.64. The van der Waals surface area contributed by atoms with Crippen LogP contribution in [-0.4, -0.2) is 41.2 Å². The molecule has 0 radical (unpaired) electrons. The summed E-state index contributed by atoms with van der Waals surface area (Å²) in [4.78, 5) is 14.5. The Morgan fingerprint density at radius 2 is 1.63 bits per heavy atom. The number of hydrogen-bond donors (Lipinski definition) is 1. The van der Waals surface area contributed by atoms with E-state index in [1.807, 2.05) is 19.0 Å². The molecule has 0 spiro atoms. The Kier molecular flexibility index (Phi) is 6.58. The molecule has 0 aliphatic heterocycles. The van der Waals surface area contributed by atoms with Crippen molar-refractivity contribution in [3.8, 4) is 17.2 Å². The molecule has 0 aliphatic rings. The van der Waals surface area contributed by atoms with Crippen LogP contribution in [0.3, 0.4) is 0 Å². The molecule has 0 bridgehead atoms. The van der Waals surface area contributed by atoms with Gasteiger partial charge in [-0.1, -0.05) is 11.6 Å². The van der Waals surface area contributed by atoms with Gasteiger partial charge >= 0.3 is 0 Å². The number of allylic oxidation sites excluding steroid dienone is 1. The van der Waals surface area contributed by atoms with Crippen molar-refractivity contribution >= 4 is 34.8 Å². The van der Waals surface area contributed by atoms with E-state index >= 15 is 0 Å². The normalized spacial score (nSPS) is 11.1. The second kappa shape index (κ2) is 8.68. The topological polar surface area (TPSA) is 74.0 Å².